The molecule has 4 nitrogen and oxygen atoms in total. The molecule has 0 N–H and O–H groups in total. The molecule has 1 aromatic rings. The quantitative estimate of drug-likeness (QED) is 0.629. The second kappa shape index (κ2) is 5.49. The van der Waals surface area contributed by atoms with E-state index in [4.69, 9.17) is 17.0 Å². The first kappa shape index (κ1) is 13.0. The molecule has 1 saturated heterocycles. The maximum Gasteiger partial charge on any atom is 0.259 e. The lowest BCUT2D eigenvalue weighted by atomic mass is 10.1. The van der Waals surface area contributed by atoms with Gasteiger partial charge < -0.3 is 4.74 Å². The zero-order chi connectivity index (χ0) is 13.1. The standard InChI is InChI=1S/C12H12N2O2S2/c1-8-5-9(3-4-10(8)16-2)6-13-14-11(15)7-18-12(14)17/h3-6H,7H2,1-2H3/b13-6+. The van der Waals surface area contributed by atoms with Crippen molar-refractivity contribution in [2.75, 3.05) is 12.9 Å². The van der Waals surface area contributed by atoms with E-state index < -0.39 is 0 Å². The van der Waals surface area contributed by atoms with Gasteiger partial charge in [-0.3, -0.25) is 4.79 Å². The van der Waals surface area contributed by atoms with E-state index in [0.717, 1.165) is 16.9 Å². The summed E-state index contributed by atoms with van der Waals surface area (Å²) in [5.74, 6) is 1.12. The van der Waals surface area contributed by atoms with E-state index in [1.807, 2.05) is 25.1 Å². The van der Waals surface area contributed by atoms with Gasteiger partial charge in [-0.2, -0.15) is 10.1 Å². The van der Waals surface area contributed by atoms with Crippen molar-refractivity contribution >= 4 is 40.4 Å². The smallest absolute Gasteiger partial charge is 0.259 e. The number of carbonyl (C=O) groups excluding carboxylic acids is 1. The summed E-state index contributed by atoms with van der Waals surface area (Å²) in [6.07, 6.45) is 1.63. The van der Waals surface area contributed by atoms with Crippen molar-refractivity contribution in [2.45, 2.75) is 6.92 Å². The van der Waals surface area contributed by atoms with Crippen LogP contribution in [0, 0.1) is 6.92 Å². The van der Waals surface area contributed by atoms with Gasteiger partial charge in [-0.05, 0) is 36.2 Å². The number of methoxy groups -OCH3 is 1. The van der Waals surface area contributed by atoms with Crippen molar-refractivity contribution in [3.63, 3.8) is 0 Å². The van der Waals surface area contributed by atoms with Crippen molar-refractivity contribution in [1.82, 2.24) is 5.01 Å². The lowest BCUT2D eigenvalue weighted by Crippen LogP contribution is -2.22. The highest BCUT2D eigenvalue weighted by Crippen LogP contribution is 2.20. The highest BCUT2D eigenvalue weighted by molar-refractivity contribution is 8.23. The third-order valence-corrected chi connectivity index (χ3v) is 3.81. The van der Waals surface area contributed by atoms with Gasteiger partial charge in [0.1, 0.15) is 5.75 Å². The van der Waals surface area contributed by atoms with Gasteiger partial charge in [-0.1, -0.05) is 24.0 Å². The Morgan fingerprint density at radius 1 is 1.56 bits per heavy atom. The molecule has 2 rings (SSSR count). The Bertz CT molecular complexity index is 513. The van der Waals surface area contributed by atoms with Crippen molar-refractivity contribution < 1.29 is 9.53 Å². The Morgan fingerprint density at radius 2 is 2.33 bits per heavy atom. The zero-order valence-electron chi connectivity index (χ0n) is 10.0. The highest BCUT2D eigenvalue weighted by atomic mass is 32.2. The number of thioether (sulfide) groups is 1. The second-order valence-electron chi connectivity index (χ2n) is 3.73. The molecule has 0 saturated carbocycles. The fraction of sp³-hybridized carbons (Fsp3) is 0.250. The first-order valence-electron chi connectivity index (χ1n) is 5.30. The number of ether oxygens (including phenoxy) is 1. The molecular weight excluding hydrogens is 268 g/mol. The molecular formula is C12H12N2O2S2. The molecule has 0 bridgehead atoms. The van der Waals surface area contributed by atoms with Gasteiger partial charge in [-0.25, -0.2) is 0 Å². The minimum Gasteiger partial charge on any atom is -0.496 e. The summed E-state index contributed by atoms with van der Waals surface area (Å²) in [7, 11) is 1.63. The third-order valence-electron chi connectivity index (χ3n) is 2.47. The van der Waals surface area contributed by atoms with Crippen LogP contribution in [0.3, 0.4) is 0 Å². The largest absolute Gasteiger partial charge is 0.496 e. The van der Waals surface area contributed by atoms with Crippen molar-refractivity contribution in [3.8, 4) is 5.75 Å². The molecule has 0 spiro atoms. The van der Waals surface area contributed by atoms with E-state index in [0.29, 0.717) is 10.1 Å². The topological polar surface area (TPSA) is 41.9 Å². The lowest BCUT2D eigenvalue weighted by Gasteiger charge is -2.07. The number of hydrazone groups is 1. The molecule has 18 heavy (non-hydrogen) atoms. The van der Waals surface area contributed by atoms with Crippen LogP contribution in [0.25, 0.3) is 0 Å². The number of hydrogen-bond acceptors (Lipinski definition) is 5. The predicted molar refractivity (Wildman–Crippen MR) is 77.2 cm³/mol. The van der Waals surface area contributed by atoms with Gasteiger partial charge in [0.25, 0.3) is 5.91 Å². The van der Waals surface area contributed by atoms with Crippen LogP contribution < -0.4 is 4.74 Å². The van der Waals surface area contributed by atoms with E-state index in [1.165, 1.54) is 16.8 Å². The average molecular weight is 280 g/mol. The van der Waals surface area contributed by atoms with Crippen LogP contribution in [0.5, 0.6) is 5.75 Å². The van der Waals surface area contributed by atoms with E-state index in [2.05, 4.69) is 5.10 Å². The van der Waals surface area contributed by atoms with Gasteiger partial charge in [0.15, 0.2) is 4.32 Å². The molecule has 6 heteroatoms. The number of benzene rings is 1. The summed E-state index contributed by atoms with van der Waals surface area (Å²) in [4.78, 5) is 11.5. The minimum absolute atomic E-state index is 0.0773. The van der Waals surface area contributed by atoms with E-state index in [1.54, 1.807) is 13.3 Å². The number of amides is 1. The molecule has 1 aliphatic rings. The number of carbonyl (C=O) groups is 1. The fourth-order valence-corrected chi connectivity index (χ4v) is 2.53. The lowest BCUT2D eigenvalue weighted by molar-refractivity contribution is -0.123. The summed E-state index contributed by atoms with van der Waals surface area (Å²) in [6, 6.07) is 5.70. The Kier molecular flexibility index (Phi) is 3.98. The maximum absolute atomic E-state index is 11.5. The van der Waals surface area contributed by atoms with E-state index in [9.17, 15) is 4.79 Å². The van der Waals surface area contributed by atoms with Gasteiger partial charge in [0.05, 0.1) is 19.1 Å². The van der Waals surface area contributed by atoms with Crippen molar-refractivity contribution in [3.05, 3.63) is 29.3 Å². The van der Waals surface area contributed by atoms with Gasteiger partial charge in [0.2, 0.25) is 0 Å². The molecule has 0 aliphatic carbocycles. The molecule has 1 fully saturated rings. The fourth-order valence-electron chi connectivity index (χ4n) is 1.57. The molecule has 0 atom stereocenters. The van der Waals surface area contributed by atoms with Crippen molar-refractivity contribution in [1.29, 1.82) is 0 Å². The summed E-state index contributed by atoms with van der Waals surface area (Å²) in [5.41, 5.74) is 1.92. The Hall–Kier alpha value is -1.40. The number of rotatable bonds is 3. The van der Waals surface area contributed by atoms with Crippen LogP contribution in [-0.2, 0) is 4.79 Å². The van der Waals surface area contributed by atoms with Crippen molar-refractivity contribution in [2.24, 2.45) is 5.10 Å². The first-order valence-corrected chi connectivity index (χ1v) is 6.69. The first-order chi connectivity index (χ1) is 8.61. The molecule has 94 valence electrons. The SMILES string of the molecule is COc1ccc(/C=N/N2C(=O)CSC2=S)cc1C. The number of thiocarbonyl (C=S) groups is 1. The molecule has 0 radical (unpaired) electrons. The average Bonchev–Trinajstić information content (AvgIpc) is 2.67. The normalized spacial score (nSPS) is 15.8. The van der Waals surface area contributed by atoms with Gasteiger partial charge in [0, 0.05) is 0 Å². The monoisotopic (exact) mass is 280 g/mol. The van der Waals surface area contributed by atoms with E-state index >= 15 is 0 Å². The van der Waals surface area contributed by atoms with Crippen LogP contribution in [0.1, 0.15) is 11.1 Å². The molecule has 0 unspecified atom stereocenters. The van der Waals surface area contributed by atoms with Crippen LogP contribution in [0.15, 0.2) is 23.3 Å². The molecule has 1 aromatic carbocycles. The van der Waals surface area contributed by atoms with Crippen LogP contribution >= 0.6 is 24.0 Å². The van der Waals surface area contributed by atoms with Crippen LogP contribution in [-0.4, -0.2) is 34.3 Å². The second-order valence-corrected chi connectivity index (χ2v) is 5.34. The Balaban J connectivity index is 2.16. The number of nitrogens with zero attached hydrogens (tertiary/aromatic N) is 2. The van der Waals surface area contributed by atoms with E-state index in [-0.39, 0.29) is 5.91 Å². The van der Waals surface area contributed by atoms with Crippen LogP contribution in [0.2, 0.25) is 0 Å². The molecule has 1 amide bonds. The summed E-state index contributed by atoms with van der Waals surface area (Å²) >= 11 is 6.36. The van der Waals surface area contributed by atoms with Gasteiger partial charge >= 0.3 is 0 Å². The Morgan fingerprint density at radius 3 is 2.89 bits per heavy atom. The summed E-state index contributed by atoms with van der Waals surface area (Å²) in [5, 5.41) is 5.37. The predicted octanol–water partition coefficient (Wildman–Crippen LogP) is 2.20. The zero-order valence-corrected chi connectivity index (χ0v) is 11.7. The minimum atomic E-state index is -0.0773. The van der Waals surface area contributed by atoms with Crippen LogP contribution in [0.4, 0.5) is 0 Å². The molecule has 0 aromatic heterocycles. The molecule has 1 aliphatic heterocycles. The number of aryl methyl sites for hydroxylation is 1. The third kappa shape index (κ3) is 2.70. The number of hydrogen-bond donors (Lipinski definition) is 0. The Labute approximate surface area is 115 Å². The maximum atomic E-state index is 11.5. The summed E-state index contributed by atoms with van der Waals surface area (Å²) < 4.78 is 5.68. The van der Waals surface area contributed by atoms with Gasteiger partial charge in [-0.15, -0.1) is 0 Å². The summed E-state index contributed by atoms with van der Waals surface area (Å²) in [6.45, 7) is 1.96. The highest BCUT2D eigenvalue weighted by Gasteiger charge is 2.25. The molecule has 1 heterocycles.